The lowest BCUT2D eigenvalue weighted by atomic mass is 10.2. The number of hydrogen-bond donors (Lipinski definition) is 1. The predicted octanol–water partition coefficient (Wildman–Crippen LogP) is 3.12. The average Bonchev–Trinajstić information content (AvgIpc) is 2.62. The molecule has 0 saturated carbocycles. The molecule has 2 aromatic carbocycles. The number of esters is 1. The third-order valence-electron chi connectivity index (χ3n) is 3.61. The standard InChI is InChI=1S/C19H22N2O2S/c1-15(18(22)23-2)20-19(24)21(13-16-9-5-3-6-10-16)14-17-11-7-4-8-12-17/h3-12,15H,13-14H2,1-2H3,(H,20,24)/t15-/m0/s1. The second kappa shape index (κ2) is 9.03. The van der Waals surface area contributed by atoms with E-state index in [0.29, 0.717) is 18.2 Å². The topological polar surface area (TPSA) is 41.6 Å². The molecule has 2 aromatic rings. The molecule has 0 aliphatic carbocycles. The molecule has 0 aliphatic heterocycles. The summed E-state index contributed by atoms with van der Waals surface area (Å²) in [5.41, 5.74) is 2.31. The van der Waals surface area contributed by atoms with Crippen LogP contribution in [0.1, 0.15) is 18.1 Å². The van der Waals surface area contributed by atoms with Gasteiger partial charge in [-0.25, -0.2) is 4.79 Å². The molecule has 24 heavy (non-hydrogen) atoms. The monoisotopic (exact) mass is 342 g/mol. The molecule has 0 heterocycles. The number of rotatable bonds is 6. The van der Waals surface area contributed by atoms with Crippen LogP contribution in [0.2, 0.25) is 0 Å². The summed E-state index contributed by atoms with van der Waals surface area (Å²) in [7, 11) is 1.37. The van der Waals surface area contributed by atoms with Gasteiger partial charge >= 0.3 is 5.97 Å². The van der Waals surface area contributed by atoms with Gasteiger partial charge in [0, 0.05) is 13.1 Å². The molecular weight excluding hydrogens is 320 g/mol. The van der Waals surface area contributed by atoms with E-state index >= 15 is 0 Å². The van der Waals surface area contributed by atoms with Gasteiger partial charge in [-0.05, 0) is 30.3 Å². The zero-order valence-electron chi connectivity index (χ0n) is 13.9. The lowest BCUT2D eigenvalue weighted by molar-refractivity contribution is -0.142. The van der Waals surface area contributed by atoms with Gasteiger partial charge in [-0.3, -0.25) is 0 Å². The molecule has 4 nitrogen and oxygen atoms in total. The van der Waals surface area contributed by atoms with Crippen molar-refractivity contribution in [1.82, 2.24) is 10.2 Å². The van der Waals surface area contributed by atoms with Gasteiger partial charge < -0.3 is 15.0 Å². The number of thiocarbonyl (C=S) groups is 1. The van der Waals surface area contributed by atoms with E-state index in [-0.39, 0.29) is 5.97 Å². The van der Waals surface area contributed by atoms with Crippen LogP contribution in [0.25, 0.3) is 0 Å². The van der Waals surface area contributed by atoms with Crippen molar-refractivity contribution in [2.45, 2.75) is 26.1 Å². The number of methoxy groups -OCH3 is 1. The third kappa shape index (κ3) is 5.35. The quantitative estimate of drug-likeness (QED) is 0.645. The molecule has 5 heteroatoms. The molecule has 126 valence electrons. The van der Waals surface area contributed by atoms with Gasteiger partial charge in [0.05, 0.1) is 7.11 Å². The zero-order chi connectivity index (χ0) is 17.4. The molecule has 0 fully saturated rings. The first-order valence-electron chi connectivity index (χ1n) is 7.81. The highest BCUT2D eigenvalue weighted by Crippen LogP contribution is 2.11. The summed E-state index contributed by atoms with van der Waals surface area (Å²) in [5.74, 6) is -0.336. The van der Waals surface area contributed by atoms with Crippen molar-refractivity contribution in [1.29, 1.82) is 0 Å². The maximum atomic E-state index is 11.6. The van der Waals surface area contributed by atoms with Crippen LogP contribution >= 0.6 is 12.2 Å². The number of benzene rings is 2. The first-order chi connectivity index (χ1) is 11.6. The van der Waals surface area contributed by atoms with Crippen LogP contribution in [0.4, 0.5) is 0 Å². The van der Waals surface area contributed by atoms with Gasteiger partial charge in [0.15, 0.2) is 5.11 Å². The van der Waals surface area contributed by atoms with Crippen LogP contribution in [0, 0.1) is 0 Å². The largest absolute Gasteiger partial charge is 0.467 e. The van der Waals surface area contributed by atoms with Gasteiger partial charge in [-0.1, -0.05) is 60.7 Å². The van der Waals surface area contributed by atoms with E-state index in [1.165, 1.54) is 7.11 Å². The lowest BCUT2D eigenvalue weighted by Gasteiger charge is -2.27. The Kier molecular flexibility index (Phi) is 6.75. The van der Waals surface area contributed by atoms with Crippen molar-refractivity contribution < 1.29 is 9.53 Å². The molecule has 2 rings (SSSR count). The Morgan fingerprint density at radius 1 is 1.04 bits per heavy atom. The summed E-state index contributed by atoms with van der Waals surface area (Å²) in [5, 5.41) is 3.58. The summed E-state index contributed by atoms with van der Waals surface area (Å²) >= 11 is 5.52. The number of carbonyl (C=O) groups excluding carboxylic acids is 1. The lowest BCUT2D eigenvalue weighted by Crippen LogP contribution is -2.46. The highest BCUT2D eigenvalue weighted by molar-refractivity contribution is 7.80. The van der Waals surface area contributed by atoms with Crippen molar-refractivity contribution in [2.75, 3.05) is 7.11 Å². The number of ether oxygens (including phenoxy) is 1. The molecule has 1 N–H and O–H groups in total. The van der Waals surface area contributed by atoms with Crippen molar-refractivity contribution in [3.05, 3.63) is 71.8 Å². The fourth-order valence-electron chi connectivity index (χ4n) is 2.32. The average molecular weight is 342 g/mol. The molecule has 0 radical (unpaired) electrons. The molecule has 1 atom stereocenters. The molecule has 0 saturated heterocycles. The Balaban J connectivity index is 2.12. The second-order valence-electron chi connectivity index (χ2n) is 5.52. The predicted molar refractivity (Wildman–Crippen MR) is 99.3 cm³/mol. The number of nitrogens with zero attached hydrogens (tertiary/aromatic N) is 1. The maximum Gasteiger partial charge on any atom is 0.328 e. The number of nitrogens with one attached hydrogen (secondary N) is 1. The molecule has 0 unspecified atom stereocenters. The zero-order valence-corrected chi connectivity index (χ0v) is 14.8. The van der Waals surface area contributed by atoms with Crippen LogP contribution in [0.3, 0.4) is 0 Å². The molecule has 0 aromatic heterocycles. The summed E-state index contributed by atoms with van der Waals surface area (Å²) < 4.78 is 4.75. The van der Waals surface area contributed by atoms with Gasteiger partial charge in [0.25, 0.3) is 0 Å². The fraction of sp³-hybridized carbons (Fsp3) is 0.263. The Hall–Kier alpha value is -2.40. The third-order valence-corrected chi connectivity index (χ3v) is 3.99. The molecular formula is C19H22N2O2S. The summed E-state index contributed by atoms with van der Waals surface area (Å²) in [6, 6.07) is 19.7. The van der Waals surface area contributed by atoms with Crippen LogP contribution < -0.4 is 5.32 Å². The number of hydrogen-bond acceptors (Lipinski definition) is 3. The van der Waals surface area contributed by atoms with E-state index in [1.54, 1.807) is 6.92 Å². The van der Waals surface area contributed by atoms with E-state index in [1.807, 2.05) is 41.3 Å². The fourth-order valence-corrected chi connectivity index (χ4v) is 2.63. The van der Waals surface area contributed by atoms with Crippen molar-refractivity contribution in [3.8, 4) is 0 Å². The van der Waals surface area contributed by atoms with Gasteiger partial charge in [0.2, 0.25) is 0 Å². The number of carbonyl (C=O) groups is 1. The SMILES string of the molecule is COC(=O)[C@H](C)NC(=S)N(Cc1ccccc1)Cc1ccccc1. The first kappa shape index (κ1) is 17.9. The van der Waals surface area contributed by atoms with Gasteiger partial charge in [-0.2, -0.15) is 0 Å². The van der Waals surface area contributed by atoms with E-state index in [4.69, 9.17) is 17.0 Å². The van der Waals surface area contributed by atoms with Crippen LogP contribution in [0.5, 0.6) is 0 Å². The van der Waals surface area contributed by atoms with Crippen molar-refractivity contribution in [2.24, 2.45) is 0 Å². The molecule has 0 amide bonds. The van der Waals surface area contributed by atoms with Crippen LogP contribution in [-0.4, -0.2) is 29.1 Å². The summed E-state index contributed by atoms with van der Waals surface area (Å²) in [4.78, 5) is 13.7. The molecule has 0 bridgehead atoms. The van der Waals surface area contributed by atoms with E-state index in [2.05, 4.69) is 29.6 Å². The highest BCUT2D eigenvalue weighted by Gasteiger charge is 2.18. The minimum Gasteiger partial charge on any atom is -0.467 e. The Morgan fingerprint density at radius 2 is 1.50 bits per heavy atom. The first-order valence-corrected chi connectivity index (χ1v) is 8.22. The van der Waals surface area contributed by atoms with Crippen LogP contribution in [-0.2, 0) is 22.6 Å². The van der Waals surface area contributed by atoms with E-state index < -0.39 is 6.04 Å². The summed E-state index contributed by atoms with van der Waals surface area (Å²) in [6.07, 6.45) is 0. The molecule has 0 aliphatic rings. The van der Waals surface area contributed by atoms with E-state index in [0.717, 1.165) is 11.1 Å². The normalized spacial score (nSPS) is 11.4. The van der Waals surface area contributed by atoms with Crippen LogP contribution in [0.15, 0.2) is 60.7 Å². The Morgan fingerprint density at radius 3 is 1.92 bits per heavy atom. The van der Waals surface area contributed by atoms with E-state index in [9.17, 15) is 4.79 Å². The Labute approximate surface area is 148 Å². The minimum atomic E-state index is -0.489. The minimum absolute atomic E-state index is 0.336. The van der Waals surface area contributed by atoms with Crippen molar-refractivity contribution >= 4 is 23.3 Å². The van der Waals surface area contributed by atoms with Gasteiger partial charge in [0.1, 0.15) is 6.04 Å². The maximum absolute atomic E-state index is 11.6. The summed E-state index contributed by atoms with van der Waals surface area (Å²) in [6.45, 7) is 3.06. The van der Waals surface area contributed by atoms with Gasteiger partial charge in [-0.15, -0.1) is 0 Å². The second-order valence-corrected chi connectivity index (χ2v) is 5.91. The van der Waals surface area contributed by atoms with Crippen molar-refractivity contribution in [3.63, 3.8) is 0 Å². The Bertz CT molecular complexity index is 620. The smallest absolute Gasteiger partial charge is 0.328 e. The molecule has 0 spiro atoms. The highest BCUT2D eigenvalue weighted by atomic mass is 32.1.